The maximum atomic E-state index is 14.0. The second kappa shape index (κ2) is 10.6. The van der Waals surface area contributed by atoms with E-state index in [9.17, 15) is 4.79 Å². The number of pyridine rings is 1. The number of benzene rings is 1. The Labute approximate surface area is 229 Å². The van der Waals surface area contributed by atoms with E-state index >= 15 is 0 Å². The Morgan fingerprint density at radius 3 is 2.73 bits per heavy atom. The van der Waals surface area contributed by atoms with E-state index in [-0.39, 0.29) is 17.7 Å². The fourth-order valence-electron chi connectivity index (χ4n) is 5.36. The molecule has 1 atom stereocenters. The maximum Gasteiger partial charge on any atom is 0.263 e. The normalized spacial score (nSPS) is 17.9. The molecule has 2 aliphatic rings. The van der Waals surface area contributed by atoms with Gasteiger partial charge >= 0.3 is 0 Å². The van der Waals surface area contributed by atoms with Crippen LogP contribution in [0.25, 0.3) is 28.1 Å². The molecule has 7 rings (SSSR count). The summed E-state index contributed by atoms with van der Waals surface area (Å²) in [5.74, 6) is 1.77. The topological polar surface area (TPSA) is 121 Å². The van der Waals surface area contributed by atoms with Crippen molar-refractivity contribution in [2.75, 3.05) is 31.6 Å². The summed E-state index contributed by atoms with van der Waals surface area (Å²) in [6, 6.07) is 11.3. The summed E-state index contributed by atoms with van der Waals surface area (Å²) in [6.07, 6.45) is 11.4. The first kappa shape index (κ1) is 24.6. The molecule has 6 heterocycles. The zero-order chi connectivity index (χ0) is 26.9. The fourth-order valence-corrected chi connectivity index (χ4v) is 5.36. The quantitative estimate of drug-likeness (QED) is 0.315. The highest BCUT2D eigenvalue weighted by molar-refractivity contribution is 5.81. The molecule has 0 aliphatic carbocycles. The average Bonchev–Trinajstić information content (AvgIpc) is 3.78. The summed E-state index contributed by atoms with van der Waals surface area (Å²) in [5.41, 5.74) is 2.44. The summed E-state index contributed by atoms with van der Waals surface area (Å²) < 4.78 is 20.6. The third-order valence-corrected chi connectivity index (χ3v) is 7.41. The Kier molecular flexibility index (Phi) is 6.50. The zero-order valence-electron chi connectivity index (χ0n) is 21.8. The molecule has 0 radical (unpaired) electrons. The number of imidazole rings is 1. The molecule has 5 aromatic rings. The van der Waals surface area contributed by atoms with Crippen molar-refractivity contribution in [1.82, 2.24) is 29.4 Å². The minimum atomic E-state index is -0.178. The van der Waals surface area contributed by atoms with Crippen LogP contribution in [0.2, 0.25) is 0 Å². The molecule has 2 N–H and O–H groups in total. The van der Waals surface area contributed by atoms with Gasteiger partial charge in [-0.15, -0.1) is 0 Å². The fraction of sp³-hybridized carbons (Fsp3) is 0.310. The Hall–Kier alpha value is -4.48. The van der Waals surface area contributed by atoms with E-state index in [1.54, 1.807) is 41.8 Å². The molecule has 0 saturated carbocycles. The molecule has 2 saturated heterocycles. The number of nitrogens with one attached hydrogen (secondary N) is 2. The van der Waals surface area contributed by atoms with Crippen LogP contribution >= 0.6 is 0 Å². The number of furan rings is 1. The molecule has 2 fully saturated rings. The number of ether oxygens (including phenoxy) is 2. The SMILES string of the molecule is O=c1c(-c2nccn2-c2ccoc2)cc2cnc(Nc3ccc(OC4CCNCC4)cc3)nc2n1C1CCOC1. The Morgan fingerprint density at radius 1 is 1.07 bits per heavy atom. The molecule has 2 aliphatic heterocycles. The lowest BCUT2D eigenvalue weighted by atomic mass is 10.1. The van der Waals surface area contributed by atoms with Gasteiger partial charge in [-0.2, -0.15) is 4.98 Å². The number of fused-ring (bicyclic) bond motifs is 1. The second-order valence-corrected chi connectivity index (χ2v) is 10.0. The second-order valence-electron chi connectivity index (χ2n) is 10.0. The van der Waals surface area contributed by atoms with Gasteiger partial charge in [-0.3, -0.25) is 13.9 Å². The van der Waals surface area contributed by atoms with Gasteiger partial charge in [0, 0.05) is 42.3 Å². The van der Waals surface area contributed by atoms with Crippen molar-refractivity contribution >= 4 is 22.7 Å². The van der Waals surface area contributed by atoms with E-state index in [0.29, 0.717) is 36.2 Å². The van der Waals surface area contributed by atoms with Crippen LogP contribution in [0.3, 0.4) is 0 Å². The van der Waals surface area contributed by atoms with Crippen molar-refractivity contribution in [2.24, 2.45) is 0 Å². The van der Waals surface area contributed by atoms with Gasteiger partial charge in [-0.05, 0) is 62.7 Å². The first-order valence-electron chi connectivity index (χ1n) is 13.5. The molecule has 0 spiro atoms. The first-order valence-corrected chi connectivity index (χ1v) is 13.5. The third kappa shape index (κ3) is 4.74. The number of hydrogen-bond donors (Lipinski definition) is 2. The lowest BCUT2D eigenvalue weighted by molar-refractivity contribution is 0.162. The lowest BCUT2D eigenvalue weighted by Gasteiger charge is -2.23. The van der Waals surface area contributed by atoms with Crippen molar-refractivity contribution in [3.05, 3.63) is 77.9 Å². The van der Waals surface area contributed by atoms with Crippen LogP contribution in [0.5, 0.6) is 5.75 Å². The molecule has 11 heteroatoms. The highest BCUT2D eigenvalue weighted by atomic mass is 16.5. The van der Waals surface area contributed by atoms with Crippen LogP contribution in [0, 0.1) is 0 Å². The van der Waals surface area contributed by atoms with E-state index in [1.165, 1.54) is 0 Å². The van der Waals surface area contributed by atoms with Gasteiger partial charge in [-0.25, -0.2) is 9.97 Å². The van der Waals surface area contributed by atoms with Crippen LogP contribution in [-0.4, -0.2) is 56.5 Å². The van der Waals surface area contributed by atoms with E-state index in [4.69, 9.17) is 18.9 Å². The number of hydrogen-bond acceptors (Lipinski definition) is 9. The van der Waals surface area contributed by atoms with Crippen molar-refractivity contribution < 1.29 is 13.9 Å². The zero-order valence-corrected chi connectivity index (χ0v) is 21.8. The Bertz CT molecular complexity index is 1670. The minimum Gasteiger partial charge on any atom is -0.490 e. The molecular weight excluding hydrogens is 510 g/mol. The molecule has 204 valence electrons. The number of aromatic nitrogens is 5. The Morgan fingerprint density at radius 2 is 1.95 bits per heavy atom. The monoisotopic (exact) mass is 539 g/mol. The minimum absolute atomic E-state index is 0.138. The van der Waals surface area contributed by atoms with Crippen molar-refractivity contribution in [2.45, 2.75) is 31.4 Å². The molecule has 4 aromatic heterocycles. The van der Waals surface area contributed by atoms with E-state index in [1.807, 2.05) is 34.9 Å². The van der Waals surface area contributed by atoms with Gasteiger partial charge in [-0.1, -0.05) is 0 Å². The first-order chi connectivity index (χ1) is 19.7. The number of piperidine rings is 1. The van der Waals surface area contributed by atoms with Crippen molar-refractivity contribution in [1.29, 1.82) is 0 Å². The van der Waals surface area contributed by atoms with Crippen molar-refractivity contribution in [3.63, 3.8) is 0 Å². The van der Waals surface area contributed by atoms with Crippen LogP contribution in [0.1, 0.15) is 25.3 Å². The summed E-state index contributed by atoms with van der Waals surface area (Å²) >= 11 is 0. The summed E-state index contributed by atoms with van der Waals surface area (Å²) in [6.45, 7) is 3.00. The van der Waals surface area contributed by atoms with Gasteiger partial charge in [0.15, 0.2) is 0 Å². The van der Waals surface area contributed by atoms with Crippen LogP contribution in [0.15, 0.2) is 76.7 Å². The van der Waals surface area contributed by atoms with E-state index in [2.05, 4.69) is 20.6 Å². The molecule has 0 bridgehead atoms. The molecular formula is C29H29N7O4. The van der Waals surface area contributed by atoms with E-state index < -0.39 is 0 Å². The van der Waals surface area contributed by atoms with Crippen LogP contribution < -0.4 is 20.9 Å². The highest BCUT2D eigenvalue weighted by Gasteiger charge is 2.25. The van der Waals surface area contributed by atoms with Gasteiger partial charge < -0.3 is 24.5 Å². The third-order valence-electron chi connectivity index (χ3n) is 7.41. The molecule has 1 unspecified atom stereocenters. The molecule has 0 amide bonds. The standard InChI is InChI=1S/C29H29N7O4/c37-28-25(27-31-11-12-35(27)21-7-13-38-17-21)15-19-16-32-29(34-26(19)36(28)22-8-14-39-18-22)33-20-1-3-23(4-2-20)40-24-5-9-30-10-6-24/h1-4,7,11-13,15-17,22,24,30H,5-6,8-10,14,18H2,(H,32,33,34). The summed E-state index contributed by atoms with van der Waals surface area (Å²) in [7, 11) is 0. The predicted octanol–water partition coefficient (Wildman–Crippen LogP) is 4.07. The van der Waals surface area contributed by atoms with Gasteiger partial charge in [0.25, 0.3) is 5.56 Å². The van der Waals surface area contributed by atoms with Gasteiger partial charge in [0.1, 0.15) is 29.6 Å². The molecule has 11 nitrogen and oxygen atoms in total. The molecule has 40 heavy (non-hydrogen) atoms. The maximum absolute atomic E-state index is 14.0. The van der Waals surface area contributed by atoms with Gasteiger partial charge in [0.2, 0.25) is 5.95 Å². The summed E-state index contributed by atoms with van der Waals surface area (Å²) in [4.78, 5) is 27.9. The van der Waals surface area contributed by atoms with E-state index in [0.717, 1.165) is 54.9 Å². The largest absolute Gasteiger partial charge is 0.490 e. The highest BCUT2D eigenvalue weighted by Crippen LogP contribution is 2.28. The Balaban J connectivity index is 1.22. The van der Waals surface area contributed by atoms with Crippen LogP contribution in [-0.2, 0) is 4.74 Å². The van der Waals surface area contributed by atoms with Gasteiger partial charge in [0.05, 0.1) is 30.2 Å². The van der Waals surface area contributed by atoms with Crippen molar-refractivity contribution in [3.8, 4) is 22.8 Å². The average molecular weight is 540 g/mol. The molecule has 1 aromatic carbocycles. The van der Waals surface area contributed by atoms with Crippen LogP contribution in [0.4, 0.5) is 11.6 Å². The number of anilines is 2. The smallest absolute Gasteiger partial charge is 0.263 e. The number of nitrogens with zero attached hydrogens (tertiary/aromatic N) is 5. The lowest BCUT2D eigenvalue weighted by Crippen LogP contribution is -2.34. The predicted molar refractivity (Wildman–Crippen MR) is 149 cm³/mol. The number of rotatable bonds is 7. The summed E-state index contributed by atoms with van der Waals surface area (Å²) in [5, 5.41) is 7.36.